The summed E-state index contributed by atoms with van der Waals surface area (Å²) in [5, 5.41) is 9.91. The first-order chi connectivity index (χ1) is 18.2. The molecule has 0 aliphatic heterocycles. The summed E-state index contributed by atoms with van der Waals surface area (Å²) < 4.78 is 0. The lowest BCUT2D eigenvalue weighted by Gasteiger charge is -2.28. The number of rotatable bonds is 12. The Balaban J connectivity index is 1.54. The predicted octanol–water partition coefficient (Wildman–Crippen LogP) is 7.11. The van der Waals surface area contributed by atoms with E-state index in [1.54, 1.807) is 0 Å². The molecular formula is C34H35NO2. The molecule has 4 aromatic carbocycles. The molecule has 0 spiro atoms. The van der Waals surface area contributed by atoms with Crippen LogP contribution in [0.15, 0.2) is 133 Å². The molecular weight excluding hydrogens is 454 g/mol. The number of hydrogen-bond donors (Lipinski definition) is 1. The molecule has 2 atom stereocenters. The van der Waals surface area contributed by atoms with Gasteiger partial charge in [-0.15, -0.1) is 0 Å². The van der Waals surface area contributed by atoms with E-state index >= 15 is 0 Å². The Morgan fingerprint density at radius 1 is 0.622 bits per heavy atom. The number of allylic oxidation sites excluding steroid dienone is 2. The van der Waals surface area contributed by atoms with E-state index in [4.69, 9.17) is 0 Å². The minimum Gasteiger partial charge on any atom is -0.396 e. The van der Waals surface area contributed by atoms with Gasteiger partial charge in [-0.1, -0.05) is 133 Å². The topological polar surface area (TPSA) is 40.5 Å². The second-order valence-corrected chi connectivity index (χ2v) is 9.36. The van der Waals surface area contributed by atoms with Gasteiger partial charge in [-0.2, -0.15) is 0 Å². The normalized spacial score (nSPS) is 12.8. The lowest BCUT2D eigenvalue weighted by Crippen LogP contribution is -2.34. The third-order valence-corrected chi connectivity index (χ3v) is 6.69. The maximum Gasteiger partial charge on any atom is 0.231 e. The Morgan fingerprint density at radius 2 is 1.05 bits per heavy atom. The van der Waals surface area contributed by atoms with Gasteiger partial charge in [0.25, 0.3) is 0 Å². The molecule has 4 rings (SSSR count). The number of aliphatic hydroxyl groups excluding tert-OH is 1. The van der Waals surface area contributed by atoms with Crippen LogP contribution in [0.1, 0.15) is 46.9 Å². The fourth-order valence-corrected chi connectivity index (χ4v) is 4.64. The molecule has 0 fully saturated rings. The summed E-state index contributed by atoms with van der Waals surface area (Å²) >= 11 is 0. The molecule has 2 unspecified atom stereocenters. The van der Waals surface area contributed by atoms with E-state index in [2.05, 4.69) is 48.6 Å². The summed E-state index contributed by atoms with van der Waals surface area (Å²) in [4.78, 5) is 16.1. The van der Waals surface area contributed by atoms with Crippen LogP contribution in [0.25, 0.3) is 0 Å². The van der Waals surface area contributed by atoms with Crippen LogP contribution in [0.2, 0.25) is 0 Å². The van der Waals surface area contributed by atoms with Crippen molar-refractivity contribution in [2.24, 2.45) is 0 Å². The average molecular weight is 490 g/mol. The lowest BCUT2D eigenvalue weighted by molar-refractivity contribution is -0.134. The molecule has 188 valence electrons. The van der Waals surface area contributed by atoms with Crippen LogP contribution in [-0.2, 0) is 17.9 Å². The first kappa shape index (κ1) is 26.1. The molecule has 3 nitrogen and oxygen atoms in total. The summed E-state index contributed by atoms with van der Waals surface area (Å²) in [5.74, 6) is -0.115. The van der Waals surface area contributed by atoms with Gasteiger partial charge in [0.2, 0.25) is 5.91 Å². The Bertz CT molecular complexity index is 1180. The van der Waals surface area contributed by atoms with Crippen molar-refractivity contribution >= 4 is 5.91 Å². The van der Waals surface area contributed by atoms with Crippen LogP contribution in [0.4, 0.5) is 0 Å². The third kappa shape index (κ3) is 7.77. The quantitative estimate of drug-likeness (QED) is 0.215. The number of aliphatic hydroxyl groups is 1. The van der Waals surface area contributed by atoms with Gasteiger partial charge in [-0.3, -0.25) is 4.79 Å². The highest BCUT2D eigenvalue weighted by atomic mass is 16.3. The first-order valence-corrected chi connectivity index (χ1v) is 13.0. The van der Waals surface area contributed by atoms with Crippen molar-refractivity contribution in [3.05, 3.63) is 156 Å². The van der Waals surface area contributed by atoms with Crippen molar-refractivity contribution in [1.82, 2.24) is 4.90 Å². The molecule has 1 amide bonds. The van der Waals surface area contributed by atoms with Gasteiger partial charge < -0.3 is 10.0 Å². The van der Waals surface area contributed by atoms with E-state index in [1.165, 1.54) is 0 Å². The zero-order chi connectivity index (χ0) is 25.7. The molecule has 3 heteroatoms. The van der Waals surface area contributed by atoms with E-state index in [9.17, 15) is 9.90 Å². The Morgan fingerprint density at radius 3 is 1.54 bits per heavy atom. The van der Waals surface area contributed by atoms with E-state index in [0.29, 0.717) is 19.5 Å². The van der Waals surface area contributed by atoms with Gasteiger partial charge in [-0.05, 0) is 35.1 Å². The Hall–Kier alpha value is -3.95. The maximum absolute atomic E-state index is 14.1. The molecule has 4 aromatic rings. The summed E-state index contributed by atoms with van der Waals surface area (Å²) in [6.45, 7) is 1.21. The molecule has 0 aliphatic carbocycles. The lowest BCUT2D eigenvalue weighted by atomic mass is 9.92. The molecule has 0 aromatic heterocycles. The van der Waals surface area contributed by atoms with Crippen LogP contribution in [0, 0.1) is 0 Å². The predicted molar refractivity (Wildman–Crippen MR) is 151 cm³/mol. The highest BCUT2D eigenvalue weighted by molar-refractivity contribution is 5.84. The van der Waals surface area contributed by atoms with Crippen molar-refractivity contribution in [3.8, 4) is 0 Å². The smallest absolute Gasteiger partial charge is 0.231 e. The van der Waals surface area contributed by atoms with Crippen molar-refractivity contribution in [1.29, 1.82) is 0 Å². The van der Waals surface area contributed by atoms with Gasteiger partial charge in [0, 0.05) is 19.0 Å². The van der Waals surface area contributed by atoms with Gasteiger partial charge in [0.15, 0.2) is 0 Å². The number of nitrogens with zero attached hydrogens (tertiary/aromatic N) is 1. The number of benzene rings is 4. The number of hydrogen-bond acceptors (Lipinski definition) is 2. The fraction of sp³-hybridized carbons (Fsp3) is 0.206. The van der Waals surface area contributed by atoms with Crippen LogP contribution in [-0.4, -0.2) is 22.5 Å². The zero-order valence-electron chi connectivity index (χ0n) is 21.2. The van der Waals surface area contributed by atoms with Gasteiger partial charge in [0.1, 0.15) is 0 Å². The molecule has 0 aliphatic rings. The number of carbonyl (C=O) groups is 1. The summed E-state index contributed by atoms with van der Waals surface area (Å²) in [7, 11) is 0. The van der Waals surface area contributed by atoms with E-state index in [1.807, 2.05) is 89.8 Å². The molecule has 0 saturated heterocycles. The van der Waals surface area contributed by atoms with Gasteiger partial charge >= 0.3 is 0 Å². The monoisotopic (exact) mass is 489 g/mol. The van der Waals surface area contributed by atoms with Crippen molar-refractivity contribution in [3.63, 3.8) is 0 Å². The first-order valence-electron chi connectivity index (χ1n) is 13.0. The highest BCUT2D eigenvalue weighted by Gasteiger charge is 2.25. The van der Waals surface area contributed by atoms with E-state index < -0.39 is 0 Å². The van der Waals surface area contributed by atoms with Crippen molar-refractivity contribution in [2.75, 3.05) is 6.61 Å². The van der Waals surface area contributed by atoms with Crippen LogP contribution < -0.4 is 0 Å². The summed E-state index contributed by atoms with van der Waals surface area (Å²) in [6, 6.07) is 40.5. The second kappa shape index (κ2) is 14.0. The van der Waals surface area contributed by atoms with Crippen LogP contribution in [0.5, 0.6) is 0 Å². The standard InChI is InChI=1S/C34H35NO2/c36-27-32(30-19-9-3-10-20-30)23-13-14-24-33(31-21-11-4-12-22-31)34(37)35(25-28-15-5-1-6-16-28)26-29-17-7-2-8-18-29/h1-22,32-33,36H,23-27H2. The largest absolute Gasteiger partial charge is 0.396 e. The maximum atomic E-state index is 14.1. The molecule has 1 N–H and O–H groups in total. The SMILES string of the molecule is O=C(C(CC=CCC(CO)c1ccccc1)c1ccccc1)N(Cc1ccccc1)Cc1ccccc1. The Kier molecular flexibility index (Phi) is 9.85. The van der Waals surface area contributed by atoms with Crippen LogP contribution >= 0.6 is 0 Å². The van der Waals surface area contributed by atoms with Crippen LogP contribution in [0.3, 0.4) is 0 Å². The molecule has 37 heavy (non-hydrogen) atoms. The fourth-order valence-electron chi connectivity index (χ4n) is 4.64. The molecule has 0 heterocycles. The molecule has 0 radical (unpaired) electrons. The summed E-state index contributed by atoms with van der Waals surface area (Å²) in [5.41, 5.74) is 4.37. The zero-order valence-corrected chi connectivity index (χ0v) is 21.2. The van der Waals surface area contributed by atoms with E-state index in [0.717, 1.165) is 28.7 Å². The minimum atomic E-state index is -0.283. The molecule has 0 saturated carbocycles. The second-order valence-electron chi connectivity index (χ2n) is 9.36. The number of carbonyl (C=O) groups excluding carboxylic acids is 1. The van der Waals surface area contributed by atoms with Gasteiger partial charge in [0.05, 0.1) is 12.5 Å². The Labute approximate surface area is 220 Å². The van der Waals surface area contributed by atoms with E-state index in [-0.39, 0.29) is 24.3 Å². The number of amides is 1. The van der Waals surface area contributed by atoms with Crippen molar-refractivity contribution < 1.29 is 9.90 Å². The van der Waals surface area contributed by atoms with Crippen molar-refractivity contribution in [2.45, 2.75) is 37.8 Å². The average Bonchev–Trinajstić information content (AvgIpc) is 2.96. The minimum absolute atomic E-state index is 0.0518. The third-order valence-electron chi connectivity index (χ3n) is 6.69. The van der Waals surface area contributed by atoms with Gasteiger partial charge in [-0.25, -0.2) is 0 Å². The highest BCUT2D eigenvalue weighted by Crippen LogP contribution is 2.26. The summed E-state index contributed by atoms with van der Waals surface area (Å²) in [6.07, 6.45) is 5.55. The molecule has 0 bridgehead atoms.